The van der Waals surface area contributed by atoms with E-state index >= 15 is 0 Å². The van der Waals surface area contributed by atoms with Crippen LogP contribution >= 0.6 is 0 Å². The lowest BCUT2D eigenvalue weighted by Crippen LogP contribution is -3.13. The average molecular weight is 388 g/mol. The summed E-state index contributed by atoms with van der Waals surface area (Å²) < 4.78 is 0. The fourth-order valence-corrected chi connectivity index (χ4v) is 6.53. The van der Waals surface area contributed by atoms with Crippen molar-refractivity contribution in [2.75, 3.05) is 26.2 Å². The topological polar surface area (TPSA) is 41.8 Å². The molecule has 148 valence electrons. The average Bonchev–Trinajstić information content (AvgIpc) is 3.03. The van der Waals surface area contributed by atoms with Crippen LogP contribution in [0.2, 0.25) is 0 Å². The highest BCUT2D eigenvalue weighted by Gasteiger charge is 2.61. The highest BCUT2D eigenvalue weighted by atomic mass is 16.2. The number of likely N-dealkylation sites (tertiary alicyclic amines) is 2. The van der Waals surface area contributed by atoms with Crippen molar-refractivity contribution in [3.63, 3.8) is 0 Å². The van der Waals surface area contributed by atoms with Crippen LogP contribution in [-0.2, 0) is 9.59 Å². The zero-order valence-electron chi connectivity index (χ0n) is 16.6. The number of hydrogen-bond acceptors (Lipinski definition) is 2. The number of carbonyl (C=O) groups excluding carboxylic acids is 2. The Labute approximate surface area is 171 Å². The number of hydrogen-bond donors (Lipinski definition) is 1. The maximum absolute atomic E-state index is 13.5. The van der Waals surface area contributed by atoms with Gasteiger partial charge in [0.05, 0.1) is 38.0 Å². The Bertz CT molecular complexity index is 878. The molecule has 2 bridgehead atoms. The molecule has 4 nitrogen and oxygen atoms in total. The van der Waals surface area contributed by atoms with E-state index in [0.29, 0.717) is 6.54 Å². The van der Waals surface area contributed by atoms with Gasteiger partial charge < -0.3 is 4.90 Å². The molecule has 2 amide bonds. The normalized spacial score (nSPS) is 30.3. The first-order valence-corrected chi connectivity index (χ1v) is 11.1. The van der Waals surface area contributed by atoms with Crippen molar-refractivity contribution in [2.45, 2.75) is 31.1 Å². The standard InChI is InChI=1S/C25H26N2O2/c28-24-22-20-16-8-2-3-9-17(16)21(19-11-5-4-10-18(19)20)23(22)25(29)27(24)15-14-26-12-6-1-7-13-26/h2-5,8-11,20-23H,1,6-7,12-15H2/p+1/t20?,21?,22-,23-/m0/s1. The van der Waals surface area contributed by atoms with Crippen molar-refractivity contribution in [3.8, 4) is 0 Å². The summed E-state index contributed by atoms with van der Waals surface area (Å²) in [5.41, 5.74) is 5.01. The van der Waals surface area contributed by atoms with E-state index in [1.54, 1.807) is 9.80 Å². The minimum absolute atomic E-state index is 0.0150. The van der Waals surface area contributed by atoms with Crippen LogP contribution in [0.3, 0.4) is 0 Å². The summed E-state index contributed by atoms with van der Waals surface area (Å²) in [5, 5.41) is 0. The van der Waals surface area contributed by atoms with E-state index in [4.69, 9.17) is 0 Å². The summed E-state index contributed by atoms with van der Waals surface area (Å²) in [5.74, 6) is -0.296. The molecule has 2 aromatic carbocycles. The van der Waals surface area contributed by atoms with E-state index in [0.717, 1.165) is 6.54 Å². The maximum Gasteiger partial charge on any atom is 0.234 e. The Hall–Kier alpha value is -2.46. The lowest BCUT2D eigenvalue weighted by Gasteiger charge is -2.45. The summed E-state index contributed by atoms with van der Waals surface area (Å²) in [6, 6.07) is 16.9. The minimum atomic E-state index is -0.228. The third kappa shape index (κ3) is 2.42. The van der Waals surface area contributed by atoms with Crippen molar-refractivity contribution < 1.29 is 14.5 Å². The molecule has 0 spiro atoms. The number of nitrogens with one attached hydrogen (secondary N) is 1. The van der Waals surface area contributed by atoms with Gasteiger partial charge in [0.15, 0.2) is 0 Å². The van der Waals surface area contributed by atoms with E-state index in [1.165, 1.54) is 54.6 Å². The molecule has 3 aliphatic carbocycles. The maximum atomic E-state index is 13.5. The van der Waals surface area contributed by atoms with Crippen molar-refractivity contribution >= 4 is 11.8 Å². The monoisotopic (exact) mass is 387 g/mol. The van der Waals surface area contributed by atoms with Gasteiger partial charge in [-0.3, -0.25) is 14.5 Å². The number of quaternary nitrogens is 1. The van der Waals surface area contributed by atoms with Gasteiger partial charge in [0, 0.05) is 11.8 Å². The first kappa shape index (κ1) is 17.4. The molecule has 0 radical (unpaired) electrons. The molecule has 0 unspecified atom stereocenters. The predicted molar refractivity (Wildman–Crippen MR) is 110 cm³/mol. The minimum Gasteiger partial charge on any atom is -0.333 e. The molecule has 4 heteroatoms. The van der Waals surface area contributed by atoms with Crippen molar-refractivity contribution in [3.05, 3.63) is 70.8 Å². The number of piperidine rings is 1. The van der Waals surface area contributed by atoms with Gasteiger partial charge in [0.25, 0.3) is 0 Å². The zero-order valence-corrected chi connectivity index (χ0v) is 16.6. The highest BCUT2D eigenvalue weighted by molar-refractivity contribution is 6.07. The van der Waals surface area contributed by atoms with Crippen molar-refractivity contribution in [1.82, 2.24) is 4.90 Å². The number of imide groups is 1. The highest BCUT2D eigenvalue weighted by Crippen LogP contribution is 2.60. The molecule has 7 rings (SSSR count). The van der Waals surface area contributed by atoms with Crippen molar-refractivity contribution in [2.24, 2.45) is 11.8 Å². The van der Waals surface area contributed by atoms with E-state index in [2.05, 4.69) is 48.5 Å². The molecule has 0 saturated carbocycles. The molecular formula is C25H27N2O2+. The molecule has 0 aromatic heterocycles. The number of nitrogens with zero attached hydrogens (tertiary/aromatic N) is 1. The van der Waals surface area contributed by atoms with Gasteiger partial charge in [-0.05, 0) is 41.5 Å². The Kier molecular flexibility index (Phi) is 3.92. The number of carbonyl (C=O) groups is 2. The number of benzene rings is 2. The summed E-state index contributed by atoms with van der Waals surface area (Å²) >= 11 is 0. The number of rotatable bonds is 3. The summed E-state index contributed by atoms with van der Waals surface area (Å²) in [4.78, 5) is 30.2. The van der Waals surface area contributed by atoms with Crippen LogP contribution in [0.5, 0.6) is 0 Å². The molecular weight excluding hydrogens is 360 g/mol. The van der Waals surface area contributed by atoms with Crippen LogP contribution in [0.4, 0.5) is 0 Å². The van der Waals surface area contributed by atoms with Gasteiger partial charge in [0.2, 0.25) is 11.8 Å². The fourth-order valence-electron chi connectivity index (χ4n) is 6.53. The largest absolute Gasteiger partial charge is 0.333 e. The van der Waals surface area contributed by atoms with E-state index in [9.17, 15) is 9.59 Å². The predicted octanol–water partition coefficient (Wildman–Crippen LogP) is 1.95. The second kappa shape index (κ2) is 6.53. The Balaban J connectivity index is 1.37. The fraction of sp³-hybridized carbons (Fsp3) is 0.440. The number of amides is 2. The first-order chi connectivity index (χ1) is 14.3. The van der Waals surface area contributed by atoms with Gasteiger partial charge in [-0.25, -0.2) is 0 Å². The van der Waals surface area contributed by atoms with Gasteiger partial charge in [-0.2, -0.15) is 0 Å². The van der Waals surface area contributed by atoms with E-state index in [1.807, 2.05) is 0 Å². The summed E-state index contributed by atoms with van der Waals surface area (Å²) in [7, 11) is 0. The Morgan fingerprint density at radius 3 is 1.62 bits per heavy atom. The second-order valence-corrected chi connectivity index (χ2v) is 9.15. The van der Waals surface area contributed by atoms with Gasteiger partial charge >= 0.3 is 0 Å². The van der Waals surface area contributed by atoms with E-state index in [-0.39, 0.29) is 35.5 Å². The van der Waals surface area contributed by atoms with Gasteiger partial charge in [0.1, 0.15) is 0 Å². The molecule has 2 heterocycles. The molecule has 2 atom stereocenters. The third-order valence-corrected chi connectivity index (χ3v) is 7.79. The van der Waals surface area contributed by atoms with E-state index < -0.39 is 0 Å². The van der Waals surface area contributed by atoms with Crippen LogP contribution in [0.1, 0.15) is 53.4 Å². The van der Waals surface area contributed by atoms with Crippen LogP contribution in [-0.4, -0.2) is 42.9 Å². The van der Waals surface area contributed by atoms with Gasteiger partial charge in [-0.1, -0.05) is 48.5 Å². The third-order valence-electron chi connectivity index (χ3n) is 7.79. The smallest absolute Gasteiger partial charge is 0.234 e. The lowest BCUT2D eigenvalue weighted by molar-refractivity contribution is -0.904. The molecule has 2 aromatic rings. The molecule has 2 fully saturated rings. The quantitative estimate of drug-likeness (QED) is 0.818. The van der Waals surface area contributed by atoms with Gasteiger partial charge in [-0.15, -0.1) is 0 Å². The lowest BCUT2D eigenvalue weighted by atomic mass is 9.55. The van der Waals surface area contributed by atoms with Crippen LogP contribution < -0.4 is 4.90 Å². The zero-order chi connectivity index (χ0) is 19.5. The molecule has 29 heavy (non-hydrogen) atoms. The molecule has 2 aliphatic heterocycles. The van der Waals surface area contributed by atoms with Crippen LogP contribution in [0.15, 0.2) is 48.5 Å². The molecule has 5 aliphatic rings. The Morgan fingerprint density at radius 1 is 0.724 bits per heavy atom. The molecule has 1 N–H and O–H groups in total. The SMILES string of the molecule is O=C1[C@H]2C3c4ccccc4C(c4ccccc43)[C@@H]2C(=O)N1CC[NH+]1CCCCC1. The van der Waals surface area contributed by atoms with Crippen LogP contribution in [0.25, 0.3) is 0 Å². The Morgan fingerprint density at radius 2 is 1.17 bits per heavy atom. The van der Waals surface area contributed by atoms with Crippen molar-refractivity contribution in [1.29, 1.82) is 0 Å². The summed E-state index contributed by atoms with van der Waals surface area (Å²) in [6.07, 6.45) is 3.84. The molecule has 2 saturated heterocycles. The first-order valence-electron chi connectivity index (χ1n) is 11.1. The van der Waals surface area contributed by atoms with Crippen LogP contribution in [0, 0.1) is 11.8 Å². The second-order valence-electron chi connectivity index (χ2n) is 9.15. The summed E-state index contributed by atoms with van der Waals surface area (Å²) in [6.45, 7) is 3.81.